The van der Waals surface area contributed by atoms with Gasteiger partial charge in [-0.1, -0.05) is 6.92 Å². The maximum absolute atomic E-state index is 12.3. The fraction of sp³-hybridized carbons (Fsp3) is 1.00. The second-order valence-electron chi connectivity index (χ2n) is 3.36. The highest BCUT2D eigenvalue weighted by Crippen LogP contribution is 2.48. The first-order valence-electron chi connectivity index (χ1n) is 4.54. The van der Waals surface area contributed by atoms with Gasteiger partial charge >= 0.3 is 6.18 Å². The van der Waals surface area contributed by atoms with Gasteiger partial charge in [0.05, 0.1) is 0 Å². The Kier molecular flexibility index (Phi) is 3.18. The second kappa shape index (κ2) is 3.84. The van der Waals surface area contributed by atoms with E-state index in [1.54, 1.807) is 0 Å². The van der Waals surface area contributed by atoms with Gasteiger partial charge in [-0.2, -0.15) is 13.2 Å². The van der Waals surface area contributed by atoms with Crippen LogP contribution < -0.4 is 10.6 Å². The molecule has 0 bridgehead atoms. The van der Waals surface area contributed by atoms with Crippen molar-refractivity contribution in [1.29, 1.82) is 0 Å². The van der Waals surface area contributed by atoms with Crippen LogP contribution in [0.2, 0.25) is 0 Å². The van der Waals surface area contributed by atoms with E-state index >= 15 is 0 Å². The molecule has 0 unspecified atom stereocenters. The minimum absolute atomic E-state index is 0.225. The quantitative estimate of drug-likeness (QED) is 0.647. The molecule has 0 aromatic carbocycles. The Morgan fingerprint density at radius 1 is 1.23 bits per heavy atom. The first-order chi connectivity index (χ1) is 6.02. The van der Waals surface area contributed by atoms with E-state index in [4.69, 9.17) is 0 Å². The summed E-state index contributed by atoms with van der Waals surface area (Å²) in [4.78, 5) is 0. The summed E-state index contributed by atoms with van der Waals surface area (Å²) in [5.74, 6) is 0. The molecule has 0 aliphatic heterocycles. The van der Waals surface area contributed by atoms with Gasteiger partial charge in [-0.25, -0.2) is 0 Å². The maximum atomic E-state index is 12.3. The summed E-state index contributed by atoms with van der Waals surface area (Å²) in [6.45, 7) is 3.69. The summed E-state index contributed by atoms with van der Waals surface area (Å²) in [7, 11) is 0. The van der Waals surface area contributed by atoms with Crippen molar-refractivity contribution in [2.75, 3.05) is 19.6 Å². The fourth-order valence-corrected chi connectivity index (χ4v) is 1.25. The maximum Gasteiger partial charge on any atom is 0.406 e. The van der Waals surface area contributed by atoms with E-state index in [1.807, 2.05) is 6.92 Å². The van der Waals surface area contributed by atoms with Crippen LogP contribution in [0.3, 0.4) is 0 Å². The van der Waals surface area contributed by atoms with Crippen LogP contribution in [0.15, 0.2) is 0 Å². The van der Waals surface area contributed by atoms with E-state index in [1.165, 1.54) is 0 Å². The highest BCUT2D eigenvalue weighted by atomic mass is 19.4. The lowest BCUT2D eigenvalue weighted by Gasteiger charge is -2.20. The van der Waals surface area contributed by atoms with E-state index in [9.17, 15) is 13.2 Å². The molecule has 1 fully saturated rings. The van der Waals surface area contributed by atoms with Crippen molar-refractivity contribution in [3.05, 3.63) is 0 Å². The van der Waals surface area contributed by atoms with Gasteiger partial charge < -0.3 is 10.6 Å². The zero-order valence-corrected chi connectivity index (χ0v) is 7.67. The Hall–Kier alpha value is -0.290. The molecule has 78 valence electrons. The predicted octanol–water partition coefficient (Wildman–Crippen LogP) is 1.28. The molecule has 0 radical (unpaired) electrons. The molecular weight excluding hydrogens is 181 g/mol. The van der Waals surface area contributed by atoms with E-state index < -0.39 is 11.7 Å². The number of hydrogen-bond donors (Lipinski definition) is 2. The Labute approximate surface area is 75.9 Å². The van der Waals surface area contributed by atoms with Gasteiger partial charge in [0.25, 0.3) is 0 Å². The normalized spacial score (nSPS) is 20.3. The second-order valence-corrected chi connectivity index (χ2v) is 3.36. The van der Waals surface area contributed by atoms with Crippen molar-refractivity contribution in [3.63, 3.8) is 0 Å². The third-order valence-corrected chi connectivity index (χ3v) is 2.31. The smallest absolute Gasteiger partial charge is 0.316 e. The zero-order chi connectivity index (χ0) is 9.95. The molecular formula is C8H15F3N2. The minimum atomic E-state index is -4.08. The summed E-state index contributed by atoms with van der Waals surface area (Å²) in [6, 6.07) is 0. The van der Waals surface area contributed by atoms with Crippen LogP contribution in [0.1, 0.15) is 19.8 Å². The molecule has 5 heteroatoms. The van der Waals surface area contributed by atoms with Crippen molar-refractivity contribution < 1.29 is 13.2 Å². The summed E-state index contributed by atoms with van der Waals surface area (Å²) in [5.41, 5.74) is -1.55. The lowest BCUT2D eigenvalue weighted by atomic mass is 10.2. The van der Waals surface area contributed by atoms with Gasteiger partial charge in [0, 0.05) is 13.1 Å². The van der Waals surface area contributed by atoms with Crippen LogP contribution >= 0.6 is 0 Å². The molecule has 1 aliphatic carbocycles. The summed E-state index contributed by atoms with van der Waals surface area (Å²) in [5, 5.41) is 5.53. The monoisotopic (exact) mass is 196 g/mol. The first kappa shape index (κ1) is 10.8. The Bertz CT molecular complexity index is 163. The predicted molar refractivity (Wildman–Crippen MR) is 44.6 cm³/mol. The standard InChI is InChI=1S/C8H15F3N2/c1-2-12-5-6-13-7(3-4-7)8(9,10)11/h12-13H,2-6H2,1H3. The molecule has 0 aromatic heterocycles. The highest BCUT2D eigenvalue weighted by molar-refractivity contribution is 5.07. The van der Waals surface area contributed by atoms with Crippen LogP contribution in [-0.4, -0.2) is 31.3 Å². The molecule has 13 heavy (non-hydrogen) atoms. The Morgan fingerprint density at radius 3 is 2.23 bits per heavy atom. The average Bonchev–Trinajstić information content (AvgIpc) is 2.77. The molecule has 1 rings (SSSR count). The largest absolute Gasteiger partial charge is 0.406 e. The van der Waals surface area contributed by atoms with E-state index in [2.05, 4.69) is 10.6 Å². The average molecular weight is 196 g/mol. The van der Waals surface area contributed by atoms with E-state index in [0.717, 1.165) is 6.54 Å². The van der Waals surface area contributed by atoms with Gasteiger partial charge in [-0.05, 0) is 19.4 Å². The summed E-state index contributed by atoms with van der Waals surface area (Å²) in [6.07, 6.45) is -3.63. The van der Waals surface area contributed by atoms with Crippen LogP contribution in [0.5, 0.6) is 0 Å². The number of nitrogens with one attached hydrogen (secondary N) is 2. The van der Waals surface area contributed by atoms with Crippen LogP contribution in [0.25, 0.3) is 0 Å². The molecule has 0 amide bonds. The molecule has 0 heterocycles. The van der Waals surface area contributed by atoms with Crippen LogP contribution in [-0.2, 0) is 0 Å². The minimum Gasteiger partial charge on any atom is -0.316 e. The van der Waals surface area contributed by atoms with Gasteiger partial charge in [0.2, 0.25) is 0 Å². The number of alkyl halides is 3. The summed E-state index contributed by atoms with van der Waals surface area (Å²) >= 11 is 0. The van der Waals surface area contributed by atoms with E-state index in [0.29, 0.717) is 13.1 Å². The number of hydrogen-bond acceptors (Lipinski definition) is 2. The number of likely N-dealkylation sites (N-methyl/N-ethyl adjacent to an activating group) is 1. The van der Waals surface area contributed by atoms with E-state index in [-0.39, 0.29) is 12.8 Å². The molecule has 2 N–H and O–H groups in total. The van der Waals surface area contributed by atoms with Crippen molar-refractivity contribution in [2.24, 2.45) is 0 Å². The lowest BCUT2D eigenvalue weighted by Crippen LogP contribution is -2.47. The Morgan fingerprint density at radius 2 is 1.85 bits per heavy atom. The SMILES string of the molecule is CCNCCNC1(C(F)(F)F)CC1. The van der Waals surface area contributed by atoms with Crippen molar-refractivity contribution >= 4 is 0 Å². The van der Waals surface area contributed by atoms with Crippen molar-refractivity contribution in [1.82, 2.24) is 10.6 Å². The first-order valence-corrected chi connectivity index (χ1v) is 4.54. The third kappa shape index (κ3) is 2.57. The molecule has 0 aromatic rings. The third-order valence-electron chi connectivity index (χ3n) is 2.31. The molecule has 1 aliphatic rings. The Balaban J connectivity index is 2.21. The highest BCUT2D eigenvalue weighted by Gasteiger charge is 2.62. The van der Waals surface area contributed by atoms with Gasteiger partial charge in [0.15, 0.2) is 0 Å². The topological polar surface area (TPSA) is 24.1 Å². The van der Waals surface area contributed by atoms with Gasteiger partial charge in [-0.3, -0.25) is 0 Å². The van der Waals surface area contributed by atoms with Crippen LogP contribution in [0, 0.1) is 0 Å². The molecule has 0 spiro atoms. The summed E-state index contributed by atoms with van der Waals surface area (Å²) < 4.78 is 37.0. The molecule has 2 nitrogen and oxygen atoms in total. The lowest BCUT2D eigenvalue weighted by molar-refractivity contribution is -0.165. The molecule has 0 saturated heterocycles. The van der Waals surface area contributed by atoms with Crippen molar-refractivity contribution in [3.8, 4) is 0 Å². The van der Waals surface area contributed by atoms with Crippen LogP contribution in [0.4, 0.5) is 13.2 Å². The number of rotatable bonds is 5. The van der Waals surface area contributed by atoms with Gasteiger partial charge in [0.1, 0.15) is 5.54 Å². The molecule has 1 saturated carbocycles. The molecule has 0 atom stereocenters. The fourth-order valence-electron chi connectivity index (χ4n) is 1.25. The zero-order valence-electron chi connectivity index (χ0n) is 7.67. The van der Waals surface area contributed by atoms with Gasteiger partial charge in [-0.15, -0.1) is 0 Å². The number of halogens is 3. The van der Waals surface area contributed by atoms with Crippen molar-refractivity contribution in [2.45, 2.75) is 31.5 Å².